The predicted molar refractivity (Wildman–Crippen MR) is 79.4 cm³/mol. The molecule has 5 nitrogen and oxygen atoms in total. The van der Waals surface area contributed by atoms with Crippen LogP contribution >= 0.6 is 11.6 Å². The lowest BCUT2D eigenvalue weighted by Gasteiger charge is -2.17. The van der Waals surface area contributed by atoms with E-state index in [4.69, 9.17) is 16.3 Å². The van der Waals surface area contributed by atoms with Gasteiger partial charge in [0.05, 0.1) is 11.9 Å². The van der Waals surface area contributed by atoms with E-state index in [9.17, 15) is 14.4 Å². The number of halogens is 1. The predicted octanol–water partition coefficient (Wildman–Crippen LogP) is 1.72. The molecule has 0 aliphatic heterocycles. The molecule has 1 amide bonds. The van der Waals surface area contributed by atoms with Crippen molar-refractivity contribution in [1.29, 1.82) is 0 Å². The fourth-order valence-corrected chi connectivity index (χ4v) is 2.00. The molecular formula is C15H18ClNO4. The minimum Gasteiger partial charge on any atom is -0.464 e. The van der Waals surface area contributed by atoms with Gasteiger partial charge in [-0.15, -0.1) is 11.6 Å². The van der Waals surface area contributed by atoms with Crippen LogP contribution in [0.2, 0.25) is 0 Å². The number of ketones is 1. The molecule has 0 radical (unpaired) electrons. The Morgan fingerprint density at radius 3 is 2.29 bits per heavy atom. The summed E-state index contributed by atoms with van der Waals surface area (Å²) in [5.74, 6) is -0.781. The highest BCUT2D eigenvalue weighted by Gasteiger charge is 2.13. The fraction of sp³-hybridized carbons (Fsp3) is 0.400. The fourth-order valence-electron chi connectivity index (χ4n) is 1.85. The van der Waals surface area contributed by atoms with Crippen LogP contribution < -0.4 is 5.32 Å². The maximum absolute atomic E-state index is 11.4. The molecule has 0 aromatic heterocycles. The van der Waals surface area contributed by atoms with E-state index in [1.807, 2.05) is 0 Å². The van der Waals surface area contributed by atoms with Gasteiger partial charge in [0, 0.05) is 19.4 Å². The normalized spacial score (nSPS) is 11.6. The van der Waals surface area contributed by atoms with Gasteiger partial charge >= 0.3 is 5.97 Å². The molecule has 6 heteroatoms. The number of benzene rings is 1. The molecule has 1 aromatic rings. The van der Waals surface area contributed by atoms with Gasteiger partial charge < -0.3 is 10.1 Å². The van der Waals surface area contributed by atoms with Gasteiger partial charge in [0.1, 0.15) is 6.61 Å². The standard InChI is InChI=1S/C15H18ClNO4/c1-10(18)17-14(9-21-11(2)19)7-12-3-5-13(6-4-12)15(20)8-16/h3-6,14H,7-9H2,1-2H3,(H,17,18)/t14-/m0/s1. The second-order valence-electron chi connectivity index (χ2n) is 4.66. The highest BCUT2D eigenvalue weighted by atomic mass is 35.5. The molecule has 0 saturated heterocycles. The van der Waals surface area contributed by atoms with E-state index in [0.29, 0.717) is 12.0 Å². The topological polar surface area (TPSA) is 72.5 Å². The van der Waals surface area contributed by atoms with E-state index in [1.54, 1.807) is 24.3 Å². The van der Waals surface area contributed by atoms with Crippen LogP contribution in [-0.4, -0.2) is 36.2 Å². The Hall–Kier alpha value is -1.88. The second-order valence-corrected chi connectivity index (χ2v) is 4.93. The Balaban J connectivity index is 2.70. The summed E-state index contributed by atoms with van der Waals surface area (Å²) in [6, 6.07) is 6.67. The first-order valence-corrected chi connectivity index (χ1v) is 7.04. The third kappa shape index (κ3) is 6.40. The van der Waals surface area contributed by atoms with Gasteiger partial charge in [-0.1, -0.05) is 24.3 Å². The van der Waals surface area contributed by atoms with Gasteiger partial charge in [0.2, 0.25) is 5.91 Å². The third-order valence-corrected chi connectivity index (χ3v) is 3.02. The number of Topliss-reactive ketones (excluding diaryl/α,β-unsaturated/α-hetero) is 1. The van der Waals surface area contributed by atoms with Crippen LogP contribution in [0.15, 0.2) is 24.3 Å². The van der Waals surface area contributed by atoms with Gasteiger partial charge in [-0.25, -0.2) is 0 Å². The quantitative estimate of drug-likeness (QED) is 0.473. The molecule has 1 N–H and O–H groups in total. The van der Waals surface area contributed by atoms with Crippen LogP contribution in [0.25, 0.3) is 0 Å². The van der Waals surface area contributed by atoms with Crippen LogP contribution in [0.3, 0.4) is 0 Å². The Morgan fingerprint density at radius 2 is 1.81 bits per heavy atom. The lowest BCUT2D eigenvalue weighted by atomic mass is 10.0. The van der Waals surface area contributed by atoms with Crippen LogP contribution in [0.5, 0.6) is 0 Å². The molecule has 114 valence electrons. The summed E-state index contributed by atoms with van der Waals surface area (Å²) in [6.07, 6.45) is 0.502. The van der Waals surface area contributed by atoms with Crippen molar-refractivity contribution in [2.24, 2.45) is 0 Å². The smallest absolute Gasteiger partial charge is 0.302 e. The molecule has 0 heterocycles. The van der Waals surface area contributed by atoms with Crippen molar-refractivity contribution in [1.82, 2.24) is 5.32 Å². The van der Waals surface area contributed by atoms with Gasteiger partial charge in [0.25, 0.3) is 0 Å². The van der Waals surface area contributed by atoms with E-state index in [2.05, 4.69) is 5.32 Å². The van der Waals surface area contributed by atoms with Crippen LogP contribution in [-0.2, 0) is 20.7 Å². The molecule has 1 rings (SSSR count). The van der Waals surface area contributed by atoms with E-state index >= 15 is 0 Å². The van der Waals surface area contributed by atoms with Crippen LogP contribution in [0.4, 0.5) is 0 Å². The van der Waals surface area contributed by atoms with Crippen molar-refractivity contribution in [2.75, 3.05) is 12.5 Å². The number of hydrogen-bond acceptors (Lipinski definition) is 4. The van der Waals surface area contributed by atoms with Crippen molar-refractivity contribution in [2.45, 2.75) is 26.3 Å². The van der Waals surface area contributed by atoms with E-state index in [1.165, 1.54) is 13.8 Å². The number of alkyl halides is 1. The molecule has 0 spiro atoms. The van der Waals surface area contributed by atoms with Crippen molar-refractivity contribution in [3.8, 4) is 0 Å². The number of rotatable bonds is 7. The average Bonchev–Trinajstić information content (AvgIpc) is 2.44. The maximum atomic E-state index is 11.4. The van der Waals surface area contributed by atoms with E-state index < -0.39 is 5.97 Å². The first-order chi connectivity index (χ1) is 9.92. The van der Waals surface area contributed by atoms with Crippen molar-refractivity contribution in [3.63, 3.8) is 0 Å². The Labute approximate surface area is 128 Å². The summed E-state index contributed by atoms with van der Waals surface area (Å²) < 4.78 is 4.93. The number of carbonyl (C=O) groups excluding carboxylic acids is 3. The highest BCUT2D eigenvalue weighted by Crippen LogP contribution is 2.09. The van der Waals surface area contributed by atoms with Gasteiger partial charge in [0.15, 0.2) is 5.78 Å². The molecule has 1 atom stereocenters. The Bertz CT molecular complexity index is 513. The molecule has 0 aliphatic rings. The van der Waals surface area contributed by atoms with Crippen molar-refractivity contribution in [3.05, 3.63) is 35.4 Å². The van der Waals surface area contributed by atoms with Crippen molar-refractivity contribution < 1.29 is 19.1 Å². The number of nitrogens with one attached hydrogen (secondary N) is 1. The monoisotopic (exact) mass is 311 g/mol. The van der Waals surface area contributed by atoms with Crippen molar-refractivity contribution >= 4 is 29.3 Å². The molecule has 0 fully saturated rings. The largest absolute Gasteiger partial charge is 0.464 e. The van der Waals surface area contributed by atoms with Crippen LogP contribution in [0, 0.1) is 0 Å². The molecule has 0 saturated carbocycles. The van der Waals surface area contributed by atoms with Gasteiger partial charge in [-0.3, -0.25) is 14.4 Å². The minimum absolute atomic E-state index is 0.0552. The highest BCUT2D eigenvalue weighted by molar-refractivity contribution is 6.30. The van der Waals surface area contributed by atoms with Gasteiger partial charge in [-0.05, 0) is 12.0 Å². The molecule has 1 aromatic carbocycles. The van der Waals surface area contributed by atoms with E-state index in [0.717, 1.165) is 5.56 Å². The molecule has 21 heavy (non-hydrogen) atoms. The average molecular weight is 312 g/mol. The number of esters is 1. The Kier molecular flexibility index (Phi) is 6.88. The lowest BCUT2D eigenvalue weighted by Crippen LogP contribution is -2.39. The van der Waals surface area contributed by atoms with Crippen LogP contribution in [0.1, 0.15) is 29.8 Å². The second kappa shape index (κ2) is 8.42. The summed E-state index contributed by atoms with van der Waals surface area (Å²) in [7, 11) is 0. The summed E-state index contributed by atoms with van der Waals surface area (Å²) in [5.41, 5.74) is 1.47. The van der Waals surface area contributed by atoms with Gasteiger partial charge in [-0.2, -0.15) is 0 Å². The number of ether oxygens (including phenoxy) is 1. The molecule has 0 bridgehead atoms. The lowest BCUT2D eigenvalue weighted by molar-refractivity contribution is -0.142. The summed E-state index contributed by atoms with van der Waals surface area (Å²) in [5, 5.41) is 2.73. The zero-order chi connectivity index (χ0) is 15.8. The zero-order valence-corrected chi connectivity index (χ0v) is 12.8. The molecule has 0 unspecified atom stereocenters. The SMILES string of the molecule is CC(=O)N[C@H](COC(C)=O)Cc1ccc(C(=O)CCl)cc1. The number of amides is 1. The molecule has 0 aliphatic carbocycles. The van der Waals surface area contributed by atoms with E-state index in [-0.39, 0.29) is 30.2 Å². The minimum atomic E-state index is -0.395. The maximum Gasteiger partial charge on any atom is 0.302 e. The number of carbonyl (C=O) groups is 3. The summed E-state index contributed by atoms with van der Waals surface area (Å²) in [6.45, 7) is 2.83. The summed E-state index contributed by atoms with van der Waals surface area (Å²) in [4.78, 5) is 33.4. The summed E-state index contributed by atoms with van der Waals surface area (Å²) >= 11 is 5.49. The first kappa shape index (κ1) is 17.2. The third-order valence-electron chi connectivity index (χ3n) is 2.77. The zero-order valence-electron chi connectivity index (χ0n) is 12.0. The number of hydrogen-bond donors (Lipinski definition) is 1. The first-order valence-electron chi connectivity index (χ1n) is 6.51. The molecular weight excluding hydrogens is 294 g/mol. The Morgan fingerprint density at radius 1 is 1.19 bits per heavy atom.